The summed E-state index contributed by atoms with van der Waals surface area (Å²) in [5.74, 6) is -0.208. The number of sulfonamides is 1. The maximum absolute atomic E-state index is 12.9. The zero-order valence-corrected chi connectivity index (χ0v) is 17.4. The van der Waals surface area contributed by atoms with E-state index in [9.17, 15) is 13.2 Å². The van der Waals surface area contributed by atoms with Crippen LogP contribution in [-0.2, 0) is 14.8 Å². The molecule has 150 valence electrons. The maximum Gasteiger partial charge on any atom is 0.243 e. The molecule has 1 fully saturated rings. The summed E-state index contributed by atoms with van der Waals surface area (Å²) in [6, 6.07) is 8.56. The van der Waals surface area contributed by atoms with Crippen LogP contribution in [0.4, 0.5) is 5.69 Å². The standard InChI is InChI=1S/C19H23ClN4O3S/c1-14-5-6-16(12-15(14)2)28(26,27)24-10-8-23(9-11-24)13-18(25)22-17-4-3-7-21-19(17)20/h3-7,12H,8-11,13H2,1-2H3,(H,22,25). The fourth-order valence-electron chi connectivity index (χ4n) is 3.02. The number of aryl methyl sites for hydroxylation is 2. The number of nitrogens with one attached hydrogen (secondary N) is 1. The average Bonchev–Trinajstić information content (AvgIpc) is 2.66. The second-order valence-corrected chi connectivity index (χ2v) is 9.11. The molecule has 0 atom stereocenters. The van der Waals surface area contributed by atoms with Crippen LogP contribution in [0.2, 0.25) is 5.15 Å². The van der Waals surface area contributed by atoms with Gasteiger partial charge in [-0.05, 0) is 49.2 Å². The molecule has 0 aliphatic carbocycles. The zero-order valence-electron chi connectivity index (χ0n) is 15.9. The average molecular weight is 423 g/mol. The smallest absolute Gasteiger partial charge is 0.243 e. The van der Waals surface area contributed by atoms with Crippen LogP contribution in [0.15, 0.2) is 41.4 Å². The lowest BCUT2D eigenvalue weighted by Gasteiger charge is -2.33. The van der Waals surface area contributed by atoms with E-state index in [1.54, 1.807) is 30.5 Å². The Labute approximate surface area is 170 Å². The van der Waals surface area contributed by atoms with Crippen molar-refractivity contribution in [2.24, 2.45) is 0 Å². The predicted molar refractivity (Wildman–Crippen MR) is 109 cm³/mol. The maximum atomic E-state index is 12.9. The van der Waals surface area contributed by atoms with Crippen molar-refractivity contribution in [3.05, 3.63) is 52.8 Å². The van der Waals surface area contributed by atoms with Crippen molar-refractivity contribution in [3.63, 3.8) is 0 Å². The molecular weight excluding hydrogens is 400 g/mol. The van der Waals surface area contributed by atoms with E-state index in [4.69, 9.17) is 11.6 Å². The number of amides is 1. The monoisotopic (exact) mass is 422 g/mol. The van der Waals surface area contributed by atoms with E-state index in [2.05, 4.69) is 10.3 Å². The summed E-state index contributed by atoms with van der Waals surface area (Å²) >= 11 is 5.95. The Hall–Kier alpha value is -2.00. The number of nitrogens with zero attached hydrogens (tertiary/aromatic N) is 3. The summed E-state index contributed by atoms with van der Waals surface area (Å²) in [6.07, 6.45) is 1.55. The Bertz CT molecular complexity index is 973. The molecule has 3 rings (SSSR count). The summed E-state index contributed by atoms with van der Waals surface area (Å²) in [4.78, 5) is 18.4. The van der Waals surface area contributed by atoms with Gasteiger partial charge in [-0.3, -0.25) is 9.69 Å². The van der Waals surface area contributed by atoms with Crippen LogP contribution in [0.3, 0.4) is 0 Å². The molecule has 0 saturated carbocycles. The molecule has 1 aliphatic heterocycles. The molecule has 2 aromatic rings. The number of hydrogen-bond acceptors (Lipinski definition) is 5. The van der Waals surface area contributed by atoms with E-state index < -0.39 is 10.0 Å². The van der Waals surface area contributed by atoms with Crippen molar-refractivity contribution in [1.82, 2.24) is 14.2 Å². The van der Waals surface area contributed by atoms with Gasteiger partial charge in [0.2, 0.25) is 15.9 Å². The minimum Gasteiger partial charge on any atom is -0.322 e. The second kappa shape index (κ2) is 8.57. The van der Waals surface area contributed by atoms with Gasteiger partial charge in [0.15, 0.2) is 5.15 Å². The lowest BCUT2D eigenvalue weighted by Crippen LogP contribution is -2.50. The van der Waals surface area contributed by atoms with Gasteiger partial charge in [0.1, 0.15) is 0 Å². The number of pyridine rings is 1. The molecule has 1 aromatic heterocycles. The van der Waals surface area contributed by atoms with E-state index in [0.717, 1.165) is 11.1 Å². The van der Waals surface area contributed by atoms with Crippen molar-refractivity contribution >= 4 is 33.2 Å². The molecule has 0 spiro atoms. The zero-order chi connectivity index (χ0) is 20.3. The van der Waals surface area contributed by atoms with Gasteiger partial charge in [0.05, 0.1) is 17.1 Å². The third-order valence-electron chi connectivity index (χ3n) is 4.85. The lowest BCUT2D eigenvalue weighted by molar-refractivity contribution is -0.117. The molecule has 2 heterocycles. The number of piperazine rings is 1. The van der Waals surface area contributed by atoms with Gasteiger partial charge in [-0.25, -0.2) is 13.4 Å². The molecule has 1 saturated heterocycles. The third kappa shape index (κ3) is 4.70. The molecule has 0 unspecified atom stereocenters. The Morgan fingerprint density at radius 1 is 1.14 bits per heavy atom. The van der Waals surface area contributed by atoms with E-state index in [1.807, 2.05) is 24.8 Å². The number of aromatic nitrogens is 1. The minimum absolute atomic E-state index is 0.169. The largest absolute Gasteiger partial charge is 0.322 e. The molecular formula is C19H23ClN4O3S. The summed E-state index contributed by atoms with van der Waals surface area (Å²) in [7, 11) is -3.53. The number of anilines is 1. The molecule has 1 amide bonds. The van der Waals surface area contributed by atoms with Crippen LogP contribution in [0.1, 0.15) is 11.1 Å². The molecule has 9 heteroatoms. The van der Waals surface area contributed by atoms with Gasteiger partial charge in [-0.1, -0.05) is 17.7 Å². The first-order valence-corrected chi connectivity index (χ1v) is 10.8. The van der Waals surface area contributed by atoms with Crippen molar-refractivity contribution in [2.75, 3.05) is 38.0 Å². The Kier molecular flexibility index (Phi) is 6.34. The molecule has 7 nitrogen and oxygen atoms in total. The summed E-state index contributed by atoms with van der Waals surface area (Å²) in [5, 5.41) is 2.97. The van der Waals surface area contributed by atoms with E-state index in [1.165, 1.54) is 4.31 Å². The van der Waals surface area contributed by atoms with Gasteiger partial charge in [-0.2, -0.15) is 4.31 Å². The number of hydrogen-bond donors (Lipinski definition) is 1. The molecule has 1 aromatic carbocycles. The van der Waals surface area contributed by atoms with Gasteiger partial charge >= 0.3 is 0 Å². The van der Waals surface area contributed by atoms with E-state index in [0.29, 0.717) is 36.8 Å². The number of benzene rings is 1. The highest BCUT2D eigenvalue weighted by atomic mass is 35.5. The van der Waals surface area contributed by atoms with Gasteiger partial charge < -0.3 is 5.32 Å². The van der Waals surface area contributed by atoms with E-state index in [-0.39, 0.29) is 17.6 Å². The van der Waals surface area contributed by atoms with Crippen molar-refractivity contribution in [2.45, 2.75) is 18.7 Å². The first kappa shape index (κ1) is 20.7. The minimum atomic E-state index is -3.53. The van der Waals surface area contributed by atoms with Crippen LogP contribution in [-0.4, -0.2) is 61.2 Å². The highest BCUT2D eigenvalue weighted by molar-refractivity contribution is 7.89. The number of halogens is 1. The highest BCUT2D eigenvalue weighted by Crippen LogP contribution is 2.21. The molecule has 1 N–H and O–H groups in total. The highest BCUT2D eigenvalue weighted by Gasteiger charge is 2.29. The van der Waals surface area contributed by atoms with Gasteiger partial charge in [0, 0.05) is 32.4 Å². The van der Waals surface area contributed by atoms with Crippen LogP contribution >= 0.6 is 11.6 Å². The first-order chi connectivity index (χ1) is 13.3. The molecule has 1 aliphatic rings. The predicted octanol–water partition coefficient (Wildman–Crippen LogP) is 2.30. The summed E-state index contributed by atoms with van der Waals surface area (Å²) < 4.78 is 27.2. The lowest BCUT2D eigenvalue weighted by atomic mass is 10.1. The summed E-state index contributed by atoms with van der Waals surface area (Å²) in [5.41, 5.74) is 2.47. The van der Waals surface area contributed by atoms with Crippen molar-refractivity contribution in [1.29, 1.82) is 0 Å². The third-order valence-corrected chi connectivity index (χ3v) is 7.04. The summed E-state index contributed by atoms with van der Waals surface area (Å²) in [6.45, 7) is 5.68. The van der Waals surface area contributed by atoms with E-state index >= 15 is 0 Å². The fourth-order valence-corrected chi connectivity index (χ4v) is 4.70. The topological polar surface area (TPSA) is 82.6 Å². The normalized spacial score (nSPS) is 16.1. The molecule has 0 bridgehead atoms. The van der Waals surface area contributed by atoms with Crippen LogP contribution in [0.25, 0.3) is 0 Å². The number of rotatable bonds is 5. The van der Waals surface area contributed by atoms with Gasteiger partial charge in [0.25, 0.3) is 0 Å². The number of carbonyl (C=O) groups is 1. The second-order valence-electron chi connectivity index (χ2n) is 6.82. The Morgan fingerprint density at radius 2 is 1.86 bits per heavy atom. The number of carbonyl (C=O) groups excluding carboxylic acids is 1. The molecule has 0 radical (unpaired) electrons. The molecule has 28 heavy (non-hydrogen) atoms. The first-order valence-electron chi connectivity index (χ1n) is 8.97. The Morgan fingerprint density at radius 3 is 2.50 bits per heavy atom. The quantitative estimate of drug-likeness (QED) is 0.747. The SMILES string of the molecule is Cc1ccc(S(=O)(=O)N2CCN(CC(=O)Nc3cccnc3Cl)CC2)cc1C. The van der Waals surface area contributed by atoms with Crippen LogP contribution in [0.5, 0.6) is 0 Å². The Balaban J connectivity index is 1.57. The van der Waals surface area contributed by atoms with Crippen molar-refractivity contribution < 1.29 is 13.2 Å². The fraction of sp³-hybridized carbons (Fsp3) is 0.368. The van der Waals surface area contributed by atoms with Gasteiger partial charge in [-0.15, -0.1) is 0 Å². The van der Waals surface area contributed by atoms with Crippen LogP contribution < -0.4 is 5.32 Å². The van der Waals surface area contributed by atoms with Crippen LogP contribution in [0, 0.1) is 13.8 Å². The van der Waals surface area contributed by atoms with Crippen molar-refractivity contribution in [3.8, 4) is 0 Å².